The lowest BCUT2D eigenvalue weighted by molar-refractivity contribution is 0.519. The average molecular weight is 246 g/mol. The summed E-state index contributed by atoms with van der Waals surface area (Å²) in [4.78, 5) is 0. The number of aromatic nitrogens is 3. The molecule has 0 amide bonds. The molecule has 0 aliphatic rings. The fraction of sp³-hybridized carbons (Fsp3) is 0.778. The number of unbranched alkanes of at least 4 members (excludes halogenated alkanes) is 3. The van der Waals surface area contributed by atoms with Crippen LogP contribution in [-0.4, -0.2) is 15.0 Å². The van der Waals surface area contributed by atoms with E-state index in [0.717, 1.165) is 16.8 Å². The lowest BCUT2D eigenvalue weighted by atomic mass is 10.2. The van der Waals surface area contributed by atoms with Gasteiger partial charge in [-0.2, -0.15) is 0 Å². The predicted octanol–water partition coefficient (Wildman–Crippen LogP) is 2.93. The number of hydrogen-bond donors (Lipinski definition) is 0. The van der Waals surface area contributed by atoms with E-state index in [1.807, 2.05) is 11.6 Å². The van der Waals surface area contributed by atoms with Gasteiger partial charge in [0.2, 0.25) is 0 Å². The molecule has 0 atom stereocenters. The van der Waals surface area contributed by atoms with E-state index >= 15 is 0 Å². The van der Waals surface area contributed by atoms with Crippen LogP contribution in [0.5, 0.6) is 0 Å². The second-order valence-corrected chi connectivity index (χ2v) is 4.00. The van der Waals surface area contributed by atoms with Gasteiger partial charge >= 0.3 is 0 Å². The van der Waals surface area contributed by atoms with E-state index in [4.69, 9.17) is 0 Å². The van der Waals surface area contributed by atoms with Gasteiger partial charge in [0, 0.05) is 6.54 Å². The van der Waals surface area contributed by atoms with E-state index in [0.29, 0.717) is 0 Å². The van der Waals surface area contributed by atoms with Crippen molar-refractivity contribution in [3.05, 3.63) is 10.3 Å². The van der Waals surface area contributed by atoms with Crippen LogP contribution in [0.25, 0.3) is 0 Å². The van der Waals surface area contributed by atoms with Crippen LogP contribution in [0.2, 0.25) is 0 Å². The molecule has 1 aromatic heterocycles. The van der Waals surface area contributed by atoms with Crippen molar-refractivity contribution < 1.29 is 0 Å². The van der Waals surface area contributed by atoms with Crippen LogP contribution in [0.15, 0.2) is 4.60 Å². The molecule has 3 nitrogen and oxygen atoms in total. The highest BCUT2D eigenvalue weighted by molar-refractivity contribution is 9.10. The lowest BCUT2D eigenvalue weighted by Gasteiger charge is -2.01. The molecule has 0 saturated carbocycles. The van der Waals surface area contributed by atoms with Gasteiger partial charge in [-0.25, -0.2) is 4.68 Å². The summed E-state index contributed by atoms with van der Waals surface area (Å²) >= 11 is 3.34. The van der Waals surface area contributed by atoms with Gasteiger partial charge in [-0.05, 0) is 29.3 Å². The minimum absolute atomic E-state index is 0.864. The molecule has 0 spiro atoms. The Balaban J connectivity index is 2.32. The topological polar surface area (TPSA) is 30.7 Å². The molecule has 0 radical (unpaired) electrons. The van der Waals surface area contributed by atoms with Crippen LogP contribution in [0.3, 0.4) is 0 Å². The van der Waals surface area contributed by atoms with Crippen molar-refractivity contribution >= 4 is 15.9 Å². The first-order valence-electron chi connectivity index (χ1n) is 4.81. The molecule has 0 aliphatic heterocycles. The van der Waals surface area contributed by atoms with E-state index in [1.54, 1.807) is 0 Å². The van der Waals surface area contributed by atoms with Gasteiger partial charge < -0.3 is 0 Å². The Morgan fingerprint density at radius 2 is 2.08 bits per heavy atom. The Bertz CT molecular complexity index is 257. The first kappa shape index (κ1) is 10.7. The molecule has 4 heteroatoms. The number of aryl methyl sites for hydroxylation is 1. The summed E-state index contributed by atoms with van der Waals surface area (Å²) in [5, 5.41) is 7.98. The molecule has 74 valence electrons. The van der Waals surface area contributed by atoms with Crippen molar-refractivity contribution in [3.63, 3.8) is 0 Å². The highest BCUT2D eigenvalue weighted by Gasteiger charge is 2.03. The zero-order valence-electron chi connectivity index (χ0n) is 8.26. The molecule has 0 saturated heterocycles. The second kappa shape index (κ2) is 5.37. The van der Waals surface area contributed by atoms with E-state index in [1.165, 1.54) is 25.7 Å². The minimum atomic E-state index is 0.864. The van der Waals surface area contributed by atoms with Gasteiger partial charge in [-0.3, -0.25) is 0 Å². The molecule has 0 N–H and O–H groups in total. The van der Waals surface area contributed by atoms with Crippen molar-refractivity contribution in [1.82, 2.24) is 15.0 Å². The zero-order chi connectivity index (χ0) is 9.68. The molecule has 0 unspecified atom stereocenters. The molecule has 1 heterocycles. The zero-order valence-corrected chi connectivity index (χ0v) is 9.84. The van der Waals surface area contributed by atoms with Gasteiger partial charge in [-0.15, -0.1) is 5.10 Å². The summed E-state index contributed by atoms with van der Waals surface area (Å²) in [6.07, 6.45) is 5.08. The molecule has 0 aliphatic carbocycles. The minimum Gasteiger partial charge on any atom is -0.248 e. The third-order valence-electron chi connectivity index (χ3n) is 2.15. The Morgan fingerprint density at radius 1 is 1.31 bits per heavy atom. The van der Waals surface area contributed by atoms with Crippen molar-refractivity contribution in [2.24, 2.45) is 0 Å². The van der Waals surface area contributed by atoms with E-state index in [-0.39, 0.29) is 0 Å². The lowest BCUT2D eigenvalue weighted by Crippen LogP contribution is -2.02. The average Bonchev–Trinajstić information content (AvgIpc) is 2.43. The van der Waals surface area contributed by atoms with Crippen molar-refractivity contribution in [3.8, 4) is 0 Å². The predicted molar refractivity (Wildman–Crippen MR) is 56.6 cm³/mol. The van der Waals surface area contributed by atoms with Crippen LogP contribution >= 0.6 is 15.9 Å². The molecule has 13 heavy (non-hydrogen) atoms. The Labute approximate surface area is 87.6 Å². The molecule has 0 fully saturated rings. The van der Waals surface area contributed by atoms with E-state index in [9.17, 15) is 0 Å². The summed E-state index contributed by atoms with van der Waals surface area (Å²) in [7, 11) is 0. The first-order chi connectivity index (χ1) is 6.25. The van der Waals surface area contributed by atoms with Gasteiger partial charge in [0.1, 0.15) is 0 Å². The van der Waals surface area contributed by atoms with Crippen LogP contribution < -0.4 is 0 Å². The third-order valence-corrected chi connectivity index (χ3v) is 2.88. The molecular weight excluding hydrogens is 230 g/mol. The fourth-order valence-electron chi connectivity index (χ4n) is 1.24. The highest BCUT2D eigenvalue weighted by atomic mass is 79.9. The molecular formula is C9H16BrN3. The smallest absolute Gasteiger partial charge is 0.151 e. The van der Waals surface area contributed by atoms with Crippen molar-refractivity contribution in [2.75, 3.05) is 0 Å². The van der Waals surface area contributed by atoms with Gasteiger partial charge in [0.15, 0.2) is 4.60 Å². The molecule has 0 bridgehead atoms. The number of hydrogen-bond acceptors (Lipinski definition) is 2. The van der Waals surface area contributed by atoms with Crippen LogP contribution in [0, 0.1) is 6.92 Å². The summed E-state index contributed by atoms with van der Waals surface area (Å²) in [5.41, 5.74) is 1.12. The molecule has 0 aromatic carbocycles. The van der Waals surface area contributed by atoms with Gasteiger partial charge in [0.25, 0.3) is 0 Å². The van der Waals surface area contributed by atoms with Crippen molar-refractivity contribution in [2.45, 2.75) is 46.1 Å². The second-order valence-electron chi connectivity index (χ2n) is 3.25. The monoisotopic (exact) mass is 245 g/mol. The highest BCUT2D eigenvalue weighted by Crippen LogP contribution is 2.11. The van der Waals surface area contributed by atoms with Gasteiger partial charge in [0.05, 0.1) is 5.69 Å². The fourth-order valence-corrected chi connectivity index (χ4v) is 1.52. The largest absolute Gasteiger partial charge is 0.248 e. The SMILES string of the molecule is CCCCCCn1nnc(Br)c1C. The van der Waals surface area contributed by atoms with Crippen LogP contribution in [0.4, 0.5) is 0 Å². The number of rotatable bonds is 5. The third kappa shape index (κ3) is 3.10. The number of nitrogens with zero attached hydrogens (tertiary/aromatic N) is 3. The summed E-state index contributed by atoms with van der Waals surface area (Å²) in [5.74, 6) is 0. The van der Waals surface area contributed by atoms with Crippen molar-refractivity contribution in [1.29, 1.82) is 0 Å². The summed E-state index contributed by atoms with van der Waals surface area (Å²) in [6, 6.07) is 0. The maximum Gasteiger partial charge on any atom is 0.151 e. The van der Waals surface area contributed by atoms with Crippen LogP contribution in [-0.2, 0) is 6.54 Å². The Hall–Kier alpha value is -0.380. The normalized spacial score (nSPS) is 10.7. The maximum atomic E-state index is 4.03. The van der Waals surface area contributed by atoms with E-state index < -0.39 is 0 Å². The van der Waals surface area contributed by atoms with Crippen LogP contribution in [0.1, 0.15) is 38.3 Å². The van der Waals surface area contributed by atoms with Gasteiger partial charge in [-0.1, -0.05) is 31.4 Å². The number of halogens is 1. The summed E-state index contributed by atoms with van der Waals surface area (Å²) < 4.78 is 2.82. The first-order valence-corrected chi connectivity index (χ1v) is 5.60. The summed E-state index contributed by atoms with van der Waals surface area (Å²) in [6.45, 7) is 5.24. The Morgan fingerprint density at radius 3 is 2.62 bits per heavy atom. The molecule has 1 rings (SSSR count). The molecule has 1 aromatic rings. The Kier molecular flexibility index (Phi) is 4.42. The van der Waals surface area contributed by atoms with E-state index in [2.05, 4.69) is 33.2 Å². The quantitative estimate of drug-likeness (QED) is 0.748. The standard InChI is InChI=1S/C9H16BrN3/c1-3-4-5-6-7-13-8(2)9(10)11-12-13/h3-7H2,1-2H3. The maximum absolute atomic E-state index is 4.03.